The molecule has 0 fully saturated rings. The average molecular weight is 364 g/mol. The first-order valence-corrected chi connectivity index (χ1v) is 9.16. The summed E-state index contributed by atoms with van der Waals surface area (Å²) in [5.74, 6) is 0.0935. The van der Waals surface area contributed by atoms with Crippen molar-refractivity contribution in [2.75, 3.05) is 19.0 Å². The standard InChI is InChI=1S/C18H24N2O4S/c1-5-9-24-15-13-10-12(20-18(22)19-11(3)6-2)7-8-14(13)25-16(15)17(21)23-4/h7-8,10-11H,5-6,9H2,1-4H3,(H2,19,20,22)/t11-/m1/s1. The van der Waals surface area contributed by atoms with Crippen LogP contribution in [0, 0.1) is 0 Å². The predicted molar refractivity (Wildman–Crippen MR) is 101 cm³/mol. The first kappa shape index (κ1) is 19.1. The molecule has 1 heterocycles. The molecule has 1 aromatic carbocycles. The maximum Gasteiger partial charge on any atom is 0.351 e. The third-order valence-corrected chi connectivity index (χ3v) is 4.84. The number of anilines is 1. The fourth-order valence-electron chi connectivity index (χ4n) is 2.22. The smallest absolute Gasteiger partial charge is 0.351 e. The van der Waals surface area contributed by atoms with Crippen molar-refractivity contribution in [1.29, 1.82) is 0 Å². The topological polar surface area (TPSA) is 76.7 Å². The van der Waals surface area contributed by atoms with E-state index in [9.17, 15) is 9.59 Å². The molecule has 0 spiro atoms. The van der Waals surface area contributed by atoms with Gasteiger partial charge < -0.3 is 20.1 Å². The third-order valence-electron chi connectivity index (χ3n) is 3.71. The van der Waals surface area contributed by atoms with Crippen molar-refractivity contribution in [3.05, 3.63) is 23.1 Å². The number of nitrogens with one attached hydrogen (secondary N) is 2. The Labute approximate surface area is 151 Å². The van der Waals surface area contributed by atoms with Crippen LogP contribution in [0.4, 0.5) is 10.5 Å². The lowest BCUT2D eigenvalue weighted by Gasteiger charge is -2.12. The molecule has 136 valence electrons. The lowest BCUT2D eigenvalue weighted by atomic mass is 10.2. The Kier molecular flexibility index (Phi) is 6.64. The molecule has 6 nitrogen and oxygen atoms in total. The molecule has 0 unspecified atom stereocenters. The number of thiophene rings is 1. The molecular formula is C18H24N2O4S. The van der Waals surface area contributed by atoms with Gasteiger partial charge in [0, 0.05) is 21.8 Å². The van der Waals surface area contributed by atoms with E-state index in [0.717, 1.165) is 22.9 Å². The van der Waals surface area contributed by atoms with Crippen LogP contribution >= 0.6 is 11.3 Å². The lowest BCUT2D eigenvalue weighted by molar-refractivity contribution is 0.0602. The van der Waals surface area contributed by atoms with Crippen molar-refractivity contribution in [2.24, 2.45) is 0 Å². The fraction of sp³-hybridized carbons (Fsp3) is 0.444. The predicted octanol–water partition coefficient (Wildman–Crippen LogP) is 4.40. The minimum Gasteiger partial charge on any atom is -0.491 e. The van der Waals surface area contributed by atoms with Crippen LogP contribution in [0.15, 0.2) is 18.2 Å². The van der Waals surface area contributed by atoms with E-state index < -0.39 is 5.97 Å². The highest BCUT2D eigenvalue weighted by molar-refractivity contribution is 7.21. The Balaban J connectivity index is 2.33. The number of esters is 1. The summed E-state index contributed by atoms with van der Waals surface area (Å²) in [6.45, 7) is 6.45. The van der Waals surface area contributed by atoms with E-state index in [-0.39, 0.29) is 12.1 Å². The summed E-state index contributed by atoms with van der Waals surface area (Å²) in [6.07, 6.45) is 1.68. The average Bonchev–Trinajstić information content (AvgIpc) is 2.96. The third kappa shape index (κ3) is 4.63. The second-order valence-corrected chi connectivity index (χ2v) is 6.77. The summed E-state index contributed by atoms with van der Waals surface area (Å²) < 4.78 is 11.5. The summed E-state index contributed by atoms with van der Waals surface area (Å²) in [5.41, 5.74) is 0.642. The van der Waals surface area contributed by atoms with Crippen LogP contribution in [-0.4, -0.2) is 31.8 Å². The zero-order valence-corrected chi connectivity index (χ0v) is 15.8. The van der Waals surface area contributed by atoms with Gasteiger partial charge in [0.25, 0.3) is 0 Å². The van der Waals surface area contributed by atoms with Gasteiger partial charge in [-0.15, -0.1) is 11.3 Å². The number of fused-ring (bicyclic) bond motifs is 1. The number of carbonyl (C=O) groups excluding carboxylic acids is 2. The van der Waals surface area contributed by atoms with E-state index in [1.807, 2.05) is 32.9 Å². The quantitative estimate of drug-likeness (QED) is 0.714. The first-order chi connectivity index (χ1) is 12.0. The molecule has 1 atom stereocenters. The van der Waals surface area contributed by atoms with Gasteiger partial charge >= 0.3 is 12.0 Å². The van der Waals surface area contributed by atoms with Crippen molar-refractivity contribution >= 4 is 39.1 Å². The van der Waals surface area contributed by atoms with Crippen LogP contribution in [0.5, 0.6) is 5.75 Å². The Morgan fingerprint density at radius 3 is 2.68 bits per heavy atom. The Bertz CT molecular complexity index is 757. The second-order valence-electron chi connectivity index (χ2n) is 5.72. The summed E-state index contributed by atoms with van der Waals surface area (Å²) in [5, 5.41) is 6.46. The van der Waals surface area contributed by atoms with Gasteiger partial charge in [-0.2, -0.15) is 0 Å². The van der Waals surface area contributed by atoms with Crippen molar-refractivity contribution in [2.45, 2.75) is 39.7 Å². The van der Waals surface area contributed by atoms with Crippen molar-refractivity contribution in [3.63, 3.8) is 0 Å². The number of carbonyl (C=O) groups is 2. The van der Waals surface area contributed by atoms with Crippen LogP contribution < -0.4 is 15.4 Å². The molecule has 0 saturated heterocycles. The summed E-state index contributed by atoms with van der Waals surface area (Å²) in [7, 11) is 1.35. The summed E-state index contributed by atoms with van der Waals surface area (Å²) in [4.78, 5) is 24.5. The highest BCUT2D eigenvalue weighted by Gasteiger charge is 2.21. The number of hydrogen-bond acceptors (Lipinski definition) is 5. The molecule has 2 rings (SSSR count). The van der Waals surface area contributed by atoms with Gasteiger partial charge in [0.05, 0.1) is 13.7 Å². The minimum absolute atomic E-state index is 0.0965. The normalized spacial score (nSPS) is 11.8. The molecule has 7 heteroatoms. The largest absolute Gasteiger partial charge is 0.491 e. The number of ether oxygens (including phenoxy) is 2. The Hall–Kier alpha value is -2.28. The van der Waals surface area contributed by atoms with Crippen LogP contribution in [-0.2, 0) is 4.74 Å². The second kappa shape index (κ2) is 8.71. The maximum absolute atomic E-state index is 12.0. The molecule has 0 radical (unpaired) electrons. The molecule has 2 aromatic rings. The van der Waals surface area contributed by atoms with Crippen LogP contribution in [0.2, 0.25) is 0 Å². The van der Waals surface area contributed by atoms with Gasteiger partial charge in [-0.25, -0.2) is 9.59 Å². The van der Waals surface area contributed by atoms with E-state index >= 15 is 0 Å². The zero-order valence-electron chi connectivity index (χ0n) is 15.0. The van der Waals surface area contributed by atoms with Crippen LogP contribution in [0.3, 0.4) is 0 Å². The number of methoxy groups -OCH3 is 1. The molecule has 0 aliphatic heterocycles. The molecule has 0 saturated carbocycles. The van der Waals surface area contributed by atoms with Crippen molar-refractivity contribution in [3.8, 4) is 5.75 Å². The molecule has 0 bridgehead atoms. The summed E-state index contributed by atoms with van der Waals surface area (Å²) in [6, 6.07) is 5.33. The van der Waals surface area contributed by atoms with Gasteiger partial charge in [-0.1, -0.05) is 13.8 Å². The Morgan fingerprint density at radius 1 is 1.28 bits per heavy atom. The summed E-state index contributed by atoms with van der Waals surface area (Å²) >= 11 is 1.32. The lowest BCUT2D eigenvalue weighted by Crippen LogP contribution is -2.35. The van der Waals surface area contributed by atoms with Gasteiger partial charge in [0.15, 0.2) is 10.6 Å². The molecular weight excluding hydrogens is 340 g/mol. The first-order valence-electron chi connectivity index (χ1n) is 8.35. The van der Waals surface area contributed by atoms with E-state index in [2.05, 4.69) is 10.6 Å². The number of urea groups is 1. The van der Waals surface area contributed by atoms with Gasteiger partial charge in [-0.3, -0.25) is 0 Å². The number of rotatable bonds is 7. The minimum atomic E-state index is -0.420. The van der Waals surface area contributed by atoms with E-state index in [0.29, 0.717) is 22.9 Å². The molecule has 2 N–H and O–H groups in total. The number of amides is 2. The Morgan fingerprint density at radius 2 is 2.04 bits per heavy atom. The maximum atomic E-state index is 12.0. The molecule has 0 aliphatic rings. The molecule has 25 heavy (non-hydrogen) atoms. The highest BCUT2D eigenvalue weighted by atomic mass is 32.1. The highest BCUT2D eigenvalue weighted by Crippen LogP contribution is 2.39. The molecule has 0 aliphatic carbocycles. The zero-order chi connectivity index (χ0) is 18.4. The number of hydrogen-bond donors (Lipinski definition) is 2. The molecule has 2 amide bonds. The molecule has 1 aromatic heterocycles. The van der Waals surface area contributed by atoms with E-state index in [1.54, 1.807) is 6.07 Å². The van der Waals surface area contributed by atoms with Gasteiger partial charge in [-0.05, 0) is 38.0 Å². The van der Waals surface area contributed by atoms with Crippen molar-refractivity contribution < 1.29 is 19.1 Å². The SMILES string of the molecule is CCCOc1c(C(=O)OC)sc2ccc(NC(=O)N[C@H](C)CC)cc12. The fourth-order valence-corrected chi connectivity index (χ4v) is 3.27. The van der Waals surface area contributed by atoms with Crippen LogP contribution in [0.1, 0.15) is 43.3 Å². The monoisotopic (exact) mass is 364 g/mol. The van der Waals surface area contributed by atoms with E-state index in [4.69, 9.17) is 9.47 Å². The van der Waals surface area contributed by atoms with Gasteiger partial charge in [0.2, 0.25) is 0 Å². The number of benzene rings is 1. The van der Waals surface area contributed by atoms with Crippen molar-refractivity contribution in [1.82, 2.24) is 5.32 Å². The van der Waals surface area contributed by atoms with E-state index in [1.165, 1.54) is 18.4 Å². The van der Waals surface area contributed by atoms with Crippen LogP contribution in [0.25, 0.3) is 10.1 Å². The van der Waals surface area contributed by atoms with Gasteiger partial charge in [0.1, 0.15) is 0 Å².